The van der Waals surface area contributed by atoms with Gasteiger partial charge in [0.1, 0.15) is 0 Å². The number of amides is 1. The van der Waals surface area contributed by atoms with E-state index >= 15 is 0 Å². The summed E-state index contributed by atoms with van der Waals surface area (Å²) in [6.07, 6.45) is 0.668. The van der Waals surface area contributed by atoms with Gasteiger partial charge >= 0.3 is 0 Å². The van der Waals surface area contributed by atoms with E-state index in [-0.39, 0.29) is 10.1 Å². The lowest BCUT2D eigenvalue weighted by Crippen LogP contribution is -2.69. The van der Waals surface area contributed by atoms with E-state index in [0.29, 0.717) is 18.4 Å². The molecule has 124 valence electrons. The fourth-order valence-electron chi connectivity index (χ4n) is 2.27. The largest absolute Gasteiger partial charge is 0.415 e. The summed E-state index contributed by atoms with van der Waals surface area (Å²) in [6.45, 7) is 23.5. The highest BCUT2D eigenvalue weighted by Gasteiger charge is 2.52. The molecule has 0 aromatic heterocycles. The fourth-order valence-corrected chi connectivity index (χ4v) is 5.82. The predicted octanol–water partition coefficient (Wildman–Crippen LogP) is 4.61. The molecule has 0 bridgehead atoms. The van der Waals surface area contributed by atoms with Crippen molar-refractivity contribution in [3.05, 3.63) is 0 Å². The molecule has 0 unspecified atom stereocenters. The monoisotopic (exact) mass is 329 g/mol. The zero-order valence-electron chi connectivity index (χ0n) is 15.8. The maximum absolute atomic E-state index is 12.2. The summed E-state index contributed by atoms with van der Waals surface area (Å²) in [5, 5.41) is 0.418. The first-order valence-corrected chi connectivity index (χ1v) is 13.9. The molecule has 0 spiro atoms. The topological polar surface area (TPSA) is 29.5 Å². The number of hydrogen-bond donors (Lipinski definition) is 0. The third-order valence-electron chi connectivity index (χ3n) is 5.92. The molecule has 0 aromatic rings. The summed E-state index contributed by atoms with van der Waals surface area (Å²) in [4.78, 5) is 12.2. The molecule has 0 radical (unpaired) electrons. The molecule has 0 aromatic carbocycles. The van der Waals surface area contributed by atoms with Gasteiger partial charge < -0.3 is 8.99 Å². The number of rotatable bonds is 4. The van der Waals surface area contributed by atoms with Crippen LogP contribution in [-0.4, -0.2) is 39.7 Å². The van der Waals surface area contributed by atoms with Gasteiger partial charge in [0.2, 0.25) is 5.91 Å². The van der Waals surface area contributed by atoms with Gasteiger partial charge in [-0.15, -0.1) is 0 Å². The van der Waals surface area contributed by atoms with E-state index in [1.54, 1.807) is 0 Å². The van der Waals surface area contributed by atoms with Gasteiger partial charge in [0.05, 0.1) is 12.6 Å². The molecule has 1 atom stereocenters. The van der Waals surface area contributed by atoms with Crippen LogP contribution < -0.4 is 0 Å². The molecule has 1 fully saturated rings. The van der Waals surface area contributed by atoms with Gasteiger partial charge in [0.15, 0.2) is 16.6 Å². The van der Waals surface area contributed by atoms with Crippen molar-refractivity contribution >= 4 is 22.5 Å². The Morgan fingerprint density at radius 3 is 1.86 bits per heavy atom. The Morgan fingerprint density at radius 2 is 1.52 bits per heavy atom. The summed E-state index contributed by atoms with van der Waals surface area (Å²) >= 11 is 0. The van der Waals surface area contributed by atoms with E-state index in [0.717, 1.165) is 6.61 Å². The average molecular weight is 330 g/mol. The highest BCUT2D eigenvalue weighted by Crippen LogP contribution is 2.43. The maximum atomic E-state index is 12.2. The van der Waals surface area contributed by atoms with E-state index in [9.17, 15) is 4.79 Å². The molecule has 0 saturated carbocycles. The smallest absolute Gasteiger partial charge is 0.217 e. The standard InChI is InChI=1S/C16H35NO2Si2/c1-15(2,3)20(7,8)17-13(11-14(17)18)12-19-21(9,10)16(4,5)6/h13H,11-12H2,1-10H3/t13-/m0/s1. The molecular formula is C16H35NO2Si2. The van der Waals surface area contributed by atoms with Crippen LogP contribution in [0.1, 0.15) is 48.0 Å². The summed E-state index contributed by atoms with van der Waals surface area (Å²) in [5.41, 5.74) is 0. The summed E-state index contributed by atoms with van der Waals surface area (Å²) < 4.78 is 8.55. The number of hydrogen-bond acceptors (Lipinski definition) is 2. The second-order valence-electron chi connectivity index (χ2n) is 9.50. The van der Waals surface area contributed by atoms with E-state index in [4.69, 9.17) is 4.43 Å². The van der Waals surface area contributed by atoms with Gasteiger partial charge in [-0.25, -0.2) is 0 Å². The summed E-state index contributed by atoms with van der Waals surface area (Å²) in [5.74, 6) is 0.324. The van der Waals surface area contributed by atoms with Gasteiger partial charge in [-0.1, -0.05) is 54.6 Å². The van der Waals surface area contributed by atoms with Crippen molar-refractivity contribution in [3.8, 4) is 0 Å². The minimum Gasteiger partial charge on any atom is -0.415 e. The molecule has 1 aliphatic rings. The van der Waals surface area contributed by atoms with Gasteiger partial charge in [-0.2, -0.15) is 0 Å². The first-order valence-electron chi connectivity index (χ1n) is 8.07. The van der Waals surface area contributed by atoms with E-state index < -0.39 is 16.6 Å². The minimum atomic E-state index is -1.77. The molecule has 21 heavy (non-hydrogen) atoms. The molecular weight excluding hydrogens is 294 g/mol. The Labute approximate surface area is 133 Å². The normalized spacial score (nSPS) is 21.5. The van der Waals surface area contributed by atoms with Crippen LogP contribution in [0.2, 0.25) is 36.3 Å². The molecule has 1 aliphatic heterocycles. The fraction of sp³-hybridized carbons (Fsp3) is 0.938. The van der Waals surface area contributed by atoms with E-state index in [1.165, 1.54) is 0 Å². The van der Waals surface area contributed by atoms with Crippen LogP contribution in [0.3, 0.4) is 0 Å². The number of carbonyl (C=O) groups is 1. The molecule has 3 nitrogen and oxygen atoms in total. The van der Waals surface area contributed by atoms with E-state index in [2.05, 4.69) is 72.3 Å². The highest BCUT2D eigenvalue weighted by atomic mass is 28.4. The van der Waals surface area contributed by atoms with Crippen LogP contribution in [0.15, 0.2) is 0 Å². The van der Waals surface area contributed by atoms with Crippen molar-refractivity contribution in [2.75, 3.05) is 6.61 Å². The van der Waals surface area contributed by atoms with Crippen molar-refractivity contribution in [3.63, 3.8) is 0 Å². The first-order chi connectivity index (χ1) is 9.11. The van der Waals surface area contributed by atoms with Crippen LogP contribution in [0.4, 0.5) is 0 Å². The lowest BCUT2D eigenvalue weighted by molar-refractivity contribution is -0.140. The Balaban J connectivity index is 2.77. The van der Waals surface area contributed by atoms with Gasteiger partial charge in [-0.3, -0.25) is 4.79 Å². The molecule has 0 aliphatic carbocycles. The second kappa shape index (κ2) is 5.50. The van der Waals surface area contributed by atoms with Crippen LogP contribution >= 0.6 is 0 Å². The number of β-lactam (4-membered cyclic amide) rings is 1. The zero-order chi connectivity index (χ0) is 16.9. The quantitative estimate of drug-likeness (QED) is 0.556. The lowest BCUT2D eigenvalue weighted by atomic mass is 10.1. The Hall–Kier alpha value is -0.136. The molecule has 1 rings (SSSR count). The highest BCUT2D eigenvalue weighted by molar-refractivity contribution is 6.80. The third kappa shape index (κ3) is 3.62. The molecule has 5 heteroatoms. The zero-order valence-corrected chi connectivity index (χ0v) is 17.8. The number of nitrogens with zero attached hydrogens (tertiary/aromatic N) is 1. The van der Waals surface area contributed by atoms with Crippen molar-refractivity contribution in [2.24, 2.45) is 0 Å². The minimum absolute atomic E-state index is 0.193. The van der Waals surface area contributed by atoms with E-state index in [1.807, 2.05) is 0 Å². The molecule has 1 saturated heterocycles. The predicted molar refractivity (Wildman–Crippen MR) is 95.6 cm³/mol. The van der Waals surface area contributed by atoms with Crippen molar-refractivity contribution in [1.29, 1.82) is 0 Å². The Morgan fingerprint density at radius 1 is 1.05 bits per heavy atom. The number of carbonyl (C=O) groups excluding carboxylic acids is 1. The molecule has 0 N–H and O–H groups in total. The van der Waals surface area contributed by atoms with Crippen molar-refractivity contribution < 1.29 is 9.22 Å². The Kier molecular flexibility index (Phi) is 4.95. The van der Waals surface area contributed by atoms with Gasteiger partial charge in [0.25, 0.3) is 0 Å². The Bertz CT molecular complexity index is 405. The average Bonchev–Trinajstić information content (AvgIpc) is 2.19. The lowest BCUT2D eigenvalue weighted by Gasteiger charge is -2.55. The first kappa shape index (κ1) is 18.9. The maximum Gasteiger partial charge on any atom is 0.217 e. The summed E-state index contributed by atoms with van der Waals surface area (Å²) in [7, 11) is -3.50. The van der Waals surface area contributed by atoms with Crippen LogP contribution in [-0.2, 0) is 9.22 Å². The van der Waals surface area contributed by atoms with Crippen LogP contribution in [0.5, 0.6) is 0 Å². The van der Waals surface area contributed by atoms with Crippen molar-refractivity contribution in [1.82, 2.24) is 4.57 Å². The van der Waals surface area contributed by atoms with Crippen LogP contribution in [0, 0.1) is 0 Å². The SMILES string of the molecule is CC(C)(C)[Si](C)(C)OC[C@@H]1CC(=O)N1[Si](C)(C)C(C)(C)C. The second-order valence-corrected chi connectivity index (χ2v) is 19.4. The van der Waals surface area contributed by atoms with Gasteiger partial charge in [-0.05, 0) is 23.2 Å². The third-order valence-corrected chi connectivity index (χ3v) is 15.9. The van der Waals surface area contributed by atoms with Crippen molar-refractivity contribution in [2.45, 2.75) is 90.3 Å². The van der Waals surface area contributed by atoms with Gasteiger partial charge in [0, 0.05) is 6.42 Å². The molecule has 1 heterocycles. The summed E-state index contributed by atoms with van der Waals surface area (Å²) in [6, 6.07) is 0.299. The van der Waals surface area contributed by atoms with Crippen LogP contribution in [0.25, 0.3) is 0 Å². The molecule has 1 amide bonds.